The minimum absolute atomic E-state index is 0.0959. The lowest BCUT2D eigenvalue weighted by Gasteiger charge is -2.14. The van der Waals surface area contributed by atoms with Crippen molar-refractivity contribution in [3.63, 3.8) is 0 Å². The van der Waals surface area contributed by atoms with Crippen LogP contribution in [0.15, 0.2) is 23.7 Å². The molecule has 0 aliphatic carbocycles. The van der Waals surface area contributed by atoms with Crippen molar-refractivity contribution >= 4 is 21.6 Å². The number of hydrogen-bond acceptors (Lipinski definition) is 4. The zero-order chi connectivity index (χ0) is 11.5. The fourth-order valence-electron chi connectivity index (χ4n) is 1.46. The monoisotopic (exact) mass is 236 g/mol. The van der Waals surface area contributed by atoms with Crippen LogP contribution in [0.25, 0.3) is 10.2 Å². The maximum atomic E-state index is 6.04. The number of nitrogens with two attached hydrogens (primary N) is 1. The lowest BCUT2D eigenvalue weighted by atomic mass is 10.1. The molecule has 0 aliphatic rings. The highest BCUT2D eigenvalue weighted by Gasteiger charge is 2.09. The van der Waals surface area contributed by atoms with Crippen molar-refractivity contribution in [2.45, 2.75) is 26.0 Å². The van der Waals surface area contributed by atoms with Gasteiger partial charge in [0.05, 0.1) is 29.0 Å². The standard InChI is InChI=1S/C12H16N2OS/c1-8(2)15-7-10(13)9-5-12-11(14-6-9)3-4-16-12/h3-6,8,10H,7,13H2,1-2H3. The summed E-state index contributed by atoms with van der Waals surface area (Å²) in [4.78, 5) is 4.36. The molecule has 16 heavy (non-hydrogen) atoms. The van der Waals surface area contributed by atoms with E-state index in [1.807, 2.05) is 31.5 Å². The number of fused-ring (bicyclic) bond motifs is 1. The van der Waals surface area contributed by atoms with Crippen LogP contribution in [0.4, 0.5) is 0 Å². The Morgan fingerprint density at radius 2 is 2.31 bits per heavy atom. The van der Waals surface area contributed by atoms with E-state index in [4.69, 9.17) is 10.5 Å². The van der Waals surface area contributed by atoms with E-state index in [9.17, 15) is 0 Å². The van der Waals surface area contributed by atoms with E-state index in [-0.39, 0.29) is 12.1 Å². The van der Waals surface area contributed by atoms with Crippen LogP contribution >= 0.6 is 11.3 Å². The Labute approximate surface area is 99.3 Å². The third kappa shape index (κ3) is 2.58. The number of rotatable bonds is 4. The van der Waals surface area contributed by atoms with Gasteiger partial charge in [0.25, 0.3) is 0 Å². The van der Waals surface area contributed by atoms with Crippen molar-refractivity contribution in [2.75, 3.05) is 6.61 Å². The molecule has 2 rings (SSSR count). The van der Waals surface area contributed by atoms with E-state index in [1.54, 1.807) is 11.3 Å². The second kappa shape index (κ2) is 4.91. The minimum atomic E-state index is -0.0959. The Hall–Kier alpha value is -0.970. The average Bonchev–Trinajstić information content (AvgIpc) is 2.72. The van der Waals surface area contributed by atoms with Gasteiger partial charge in [-0.1, -0.05) is 0 Å². The molecule has 1 atom stereocenters. The quantitative estimate of drug-likeness (QED) is 0.888. The molecule has 0 amide bonds. The molecule has 0 aromatic carbocycles. The predicted molar refractivity (Wildman–Crippen MR) is 67.6 cm³/mol. The van der Waals surface area contributed by atoms with Gasteiger partial charge in [-0.15, -0.1) is 11.3 Å². The summed E-state index contributed by atoms with van der Waals surface area (Å²) >= 11 is 1.68. The SMILES string of the molecule is CC(C)OCC(N)c1cnc2ccsc2c1. The summed E-state index contributed by atoms with van der Waals surface area (Å²) < 4.78 is 6.68. The van der Waals surface area contributed by atoms with Crippen molar-refractivity contribution in [2.24, 2.45) is 5.73 Å². The number of hydrogen-bond donors (Lipinski definition) is 1. The third-order valence-corrected chi connectivity index (χ3v) is 3.21. The van der Waals surface area contributed by atoms with Gasteiger partial charge in [-0.25, -0.2) is 0 Å². The lowest BCUT2D eigenvalue weighted by molar-refractivity contribution is 0.0683. The molecule has 3 nitrogen and oxygen atoms in total. The van der Waals surface area contributed by atoms with Crippen molar-refractivity contribution in [3.8, 4) is 0 Å². The van der Waals surface area contributed by atoms with Crippen molar-refractivity contribution in [3.05, 3.63) is 29.3 Å². The molecule has 0 radical (unpaired) electrons. The third-order valence-electron chi connectivity index (χ3n) is 2.36. The highest BCUT2D eigenvalue weighted by Crippen LogP contribution is 2.22. The Kier molecular flexibility index (Phi) is 3.53. The van der Waals surface area contributed by atoms with Crippen LogP contribution in [-0.4, -0.2) is 17.7 Å². The summed E-state index contributed by atoms with van der Waals surface area (Å²) in [5.41, 5.74) is 8.11. The second-order valence-electron chi connectivity index (χ2n) is 4.06. The van der Waals surface area contributed by atoms with Crippen LogP contribution in [0.5, 0.6) is 0 Å². The van der Waals surface area contributed by atoms with Crippen LogP contribution in [0.2, 0.25) is 0 Å². The molecule has 0 fully saturated rings. The minimum Gasteiger partial charge on any atom is -0.377 e. The first-order chi connectivity index (χ1) is 7.66. The van der Waals surface area contributed by atoms with Crippen LogP contribution in [0.3, 0.4) is 0 Å². The summed E-state index contributed by atoms with van der Waals surface area (Å²) in [6.45, 7) is 4.55. The second-order valence-corrected chi connectivity index (χ2v) is 5.01. The Bertz CT molecular complexity index is 467. The van der Waals surface area contributed by atoms with Crippen molar-refractivity contribution < 1.29 is 4.74 Å². The van der Waals surface area contributed by atoms with E-state index in [2.05, 4.69) is 11.1 Å². The lowest BCUT2D eigenvalue weighted by Crippen LogP contribution is -2.19. The highest BCUT2D eigenvalue weighted by atomic mass is 32.1. The van der Waals surface area contributed by atoms with E-state index in [0.29, 0.717) is 6.61 Å². The van der Waals surface area contributed by atoms with Gasteiger partial charge in [-0.05, 0) is 36.9 Å². The van der Waals surface area contributed by atoms with Gasteiger partial charge in [-0.3, -0.25) is 4.98 Å². The molecule has 0 spiro atoms. The predicted octanol–water partition coefficient (Wildman–Crippen LogP) is 2.72. The molecule has 0 aliphatic heterocycles. The molecular weight excluding hydrogens is 220 g/mol. The first-order valence-corrected chi connectivity index (χ1v) is 6.25. The van der Waals surface area contributed by atoms with Gasteiger partial charge in [-0.2, -0.15) is 0 Å². The topological polar surface area (TPSA) is 48.1 Å². The van der Waals surface area contributed by atoms with E-state index in [0.717, 1.165) is 11.1 Å². The molecule has 4 heteroatoms. The molecule has 0 saturated carbocycles. The fourth-order valence-corrected chi connectivity index (χ4v) is 2.25. The number of aromatic nitrogens is 1. The van der Waals surface area contributed by atoms with E-state index < -0.39 is 0 Å². The Balaban J connectivity index is 2.12. The first-order valence-electron chi connectivity index (χ1n) is 5.37. The highest BCUT2D eigenvalue weighted by molar-refractivity contribution is 7.17. The van der Waals surface area contributed by atoms with Crippen LogP contribution in [0.1, 0.15) is 25.5 Å². The molecule has 0 bridgehead atoms. The van der Waals surface area contributed by atoms with Crippen molar-refractivity contribution in [1.29, 1.82) is 0 Å². The van der Waals surface area contributed by atoms with Crippen LogP contribution in [0, 0.1) is 0 Å². The summed E-state index contributed by atoms with van der Waals surface area (Å²) in [6.07, 6.45) is 2.05. The number of pyridine rings is 1. The molecule has 1 unspecified atom stereocenters. The number of ether oxygens (including phenoxy) is 1. The normalized spacial score (nSPS) is 13.5. The summed E-state index contributed by atoms with van der Waals surface area (Å²) in [5.74, 6) is 0. The molecule has 0 saturated heterocycles. The smallest absolute Gasteiger partial charge is 0.0809 e. The van der Waals surface area contributed by atoms with E-state index in [1.165, 1.54) is 4.70 Å². The zero-order valence-electron chi connectivity index (χ0n) is 9.51. The molecular formula is C12H16N2OS. The van der Waals surface area contributed by atoms with Crippen LogP contribution < -0.4 is 5.73 Å². The summed E-state index contributed by atoms with van der Waals surface area (Å²) in [5, 5.41) is 2.04. The number of nitrogens with zero attached hydrogens (tertiary/aromatic N) is 1. The zero-order valence-corrected chi connectivity index (χ0v) is 10.3. The maximum absolute atomic E-state index is 6.04. The largest absolute Gasteiger partial charge is 0.377 e. The Morgan fingerprint density at radius 1 is 1.50 bits per heavy atom. The number of thiophene rings is 1. The van der Waals surface area contributed by atoms with Gasteiger partial charge in [0, 0.05) is 6.20 Å². The van der Waals surface area contributed by atoms with Gasteiger partial charge < -0.3 is 10.5 Å². The summed E-state index contributed by atoms with van der Waals surface area (Å²) in [6, 6.07) is 4.02. The fraction of sp³-hybridized carbons (Fsp3) is 0.417. The molecule has 2 aromatic heterocycles. The average molecular weight is 236 g/mol. The van der Waals surface area contributed by atoms with Gasteiger partial charge in [0.15, 0.2) is 0 Å². The van der Waals surface area contributed by atoms with E-state index >= 15 is 0 Å². The Morgan fingerprint density at radius 3 is 3.06 bits per heavy atom. The first kappa shape index (κ1) is 11.5. The maximum Gasteiger partial charge on any atom is 0.0809 e. The molecule has 86 valence electrons. The van der Waals surface area contributed by atoms with Crippen molar-refractivity contribution in [1.82, 2.24) is 4.98 Å². The molecule has 2 N–H and O–H groups in total. The summed E-state index contributed by atoms with van der Waals surface area (Å²) in [7, 11) is 0. The molecule has 2 heterocycles. The van der Waals surface area contributed by atoms with Crippen LogP contribution in [-0.2, 0) is 4.74 Å². The van der Waals surface area contributed by atoms with Gasteiger partial charge in [0.2, 0.25) is 0 Å². The molecule has 2 aromatic rings. The van der Waals surface area contributed by atoms with Gasteiger partial charge >= 0.3 is 0 Å². The van der Waals surface area contributed by atoms with Gasteiger partial charge in [0.1, 0.15) is 0 Å².